The number of amides is 1. The summed E-state index contributed by atoms with van der Waals surface area (Å²) in [6, 6.07) is 19.6. The van der Waals surface area contributed by atoms with Gasteiger partial charge in [0.25, 0.3) is 5.91 Å². The third kappa shape index (κ3) is 5.57. The molecule has 3 aromatic rings. The largest absolute Gasteiger partial charge is 0.497 e. The van der Waals surface area contributed by atoms with E-state index in [0.29, 0.717) is 12.1 Å². The molecule has 0 spiro atoms. The predicted octanol–water partition coefficient (Wildman–Crippen LogP) is 4.20. The summed E-state index contributed by atoms with van der Waals surface area (Å²) < 4.78 is 5.15. The number of aryl methyl sites for hydroxylation is 1. The molecule has 1 aromatic heterocycles. The maximum atomic E-state index is 12.3. The van der Waals surface area contributed by atoms with Gasteiger partial charge in [-0.25, -0.2) is 0 Å². The lowest BCUT2D eigenvalue weighted by Crippen LogP contribution is -2.25. The minimum Gasteiger partial charge on any atom is -0.497 e. The van der Waals surface area contributed by atoms with Gasteiger partial charge < -0.3 is 15.4 Å². The molecule has 1 amide bonds. The topological polar surface area (TPSA) is 63.2 Å². The molecule has 0 saturated carbocycles. The van der Waals surface area contributed by atoms with E-state index in [4.69, 9.17) is 4.74 Å². The molecule has 2 N–H and O–H groups in total. The van der Waals surface area contributed by atoms with Crippen LogP contribution in [0.25, 0.3) is 0 Å². The first kappa shape index (κ1) is 18.5. The molecule has 2 aromatic carbocycles. The third-order valence-corrected chi connectivity index (χ3v) is 4.15. The Morgan fingerprint density at radius 3 is 2.52 bits per heavy atom. The van der Waals surface area contributed by atoms with Crippen molar-refractivity contribution in [1.29, 1.82) is 0 Å². The maximum absolute atomic E-state index is 12.3. The fourth-order valence-corrected chi connectivity index (χ4v) is 2.71. The number of anilines is 2. The second-order valence-corrected chi connectivity index (χ2v) is 6.16. The number of hydrogen-bond donors (Lipinski definition) is 2. The van der Waals surface area contributed by atoms with Gasteiger partial charge in [-0.2, -0.15) is 0 Å². The zero-order valence-corrected chi connectivity index (χ0v) is 15.3. The van der Waals surface area contributed by atoms with Crippen LogP contribution in [0.5, 0.6) is 5.75 Å². The van der Waals surface area contributed by atoms with Crippen molar-refractivity contribution < 1.29 is 9.53 Å². The van der Waals surface area contributed by atoms with Gasteiger partial charge in [-0.15, -0.1) is 0 Å². The van der Waals surface area contributed by atoms with E-state index in [2.05, 4.69) is 27.8 Å². The molecule has 0 bridgehead atoms. The highest BCUT2D eigenvalue weighted by Crippen LogP contribution is 2.20. The van der Waals surface area contributed by atoms with Crippen LogP contribution in [-0.4, -0.2) is 24.5 Å². The number of pyridine rings is 1. The van der Waals surface area contributed by atoms with Crippen LogP contribution in [0.2, 0.25) is 0 Å². The fraction of sp³-hybridized carbons (Fsp3) is 0.182. The monoisotopic (exact) mass is 361 g/mol. The predicted molar refractivity (Wildman–Crippen MR) is 108 cm³/mol. The average molecular weight is 361 g/mol. The molecule has 0 fully saturated rings. The van der Waals surface area contributed by atoms with E-state index in [1.54, 1.807) is 25.6 Å². The Morgan fingerprint density at radius 1 is 1.00 bits per heavy atom. The summed E-state index contributed by atoms with van der Waals surface area (Å²) in [5.41, 5.74) is 3.47. The van der Waals surface area contributed by atoms with Gasteiger partial charge in [0.2, 0.25) is 0 Å². The Labute approximate surface area is 159 Å². The quantitative estimate of drug-likeness (QED) is 0.590. The first-order valence-electron chi connectivity index (χ1n) is 8.93. The molecule has 27 heavy (non-hydrogen) atoms. The van der Waals surface area contributed by atoms with Crippen LogP contribution in [-0.2, 0) is 6.42 Å². The Morgan fingerprint density at radius 2 is 1.78 bits per heavy atom. The summed E-state index contributed by atoms with van der Waals surface area (Å²) in [7, 11) is 1.63. The van der Waals surface area contributed by atoms with Crippen molar-refractivity contribution in [2.24, 2.45) is 0 Å². The molecule has 1 heterocycles. The fourth-order valence-electron chi connectivity index (χ4n) is 2.71. The molecule has 5 heteroatoms. The van der Waals surface area contributed by atoms with Crippen LogP contribution in [0.15, 0.2) is 73.1 Å². The van der Waals surface area contributed by atoms with E-state index < -0.39 is 0 Å². The normalized spacial score (nSPS) is 10.3. The highest BCUT2D eigenvalue weighted by molar-refractivity contribution is 5.94. The van der Waals surface area contributed by atoms with Crippen molar-refractivity contribution in [1.82, 2.24) is 10.3 Å². The van der Waals surface area contributed by atoms with Crippen molar-refractivity contribution >= 4 is 17.3 Å². The number of benzene rings is 2. The van der Waals surface area contributed by atoms with E-state index in [9.17, 15) is 4.79 Å². The zero-order valence-electron chi connectivity index (χ0n) is 15.3. The van der Waals surface area contributed by atoms with Crippen LogP contribution in [0.4, 0.5) is 11.4 Å². The van der Waals surface area contributed by atoms with Crippen LogP contribution < -0.4 is 15.4 Å². The van der Waals surface area contributed by atoms with E-state index in [1.807, 2.05) is 42.5 Å². The third-order valence-electron chi connectivity index (χ3n) is 4.15. The minimum atomic E-state index is -0.117. The smallest absolute Gasteiger partial charge is 0.252 e. The van der Waals surface area contributed by atoms with Crippen molar-refractivity contribution in [3.63, 3.8) is 0 Å². The summed E-state index contributed by atoms with van der Waals surface area (Å²) >= 11 is 0. The Kier molecular flexibility index (Phi) is 6.41. The molecule has 138 valence electrons. The molecule has 0 atom stereocenters. The summed E-state index contributed by atoms with van der Waals surface area (Å²) in [6.45, 7) is 0.629. The van der Waals surface area contributed by atoms with E-state index in [1.165, 1.54) is 5.56 Å². The molecule has 0 unspecified atom stereocenters. The number of hydrogen-bond acceptors (Lipinski definition) is 4. The lowest BCUT2D eigenvalue weighted by Gasteiger charge is -2.09. The summed E-state index contributed by atoms with van der Waals surface area (Å²) in [5.74, 6) is 0.677. The minimum absolute atomic E-state index is 0.117. The highest BCUT2D eigenvalue weighted by Gasteiger charge is 2.07. The molecule has 0 radical (unpaired) electrons. The van der Waals surface area contributed by atoms with Gasteiger partial charge in [-0.3, -0.25) is 9.78 Å². The number of rotatable bonds is 8. The van der Waals surface area contributed by atoms with Gasteiger partial charge in [0.05, 0.1) is 24.6 Å². The first-order chi connectivity index (χ1) is 13.2. The van der Waals surface area contributed by atoms with Gasteiger partial charge in [0, 0.05) is 18.4 Å². The number of methoxy groups -OCH3 is 1. The van der Waals surface area contributed by atoms with Crippen LogP contribution in [0, 0.1) is 0 Å². The maximum Gasteiger partial charge on any atom is 0.252 e. The second-order valence-electron chi connectivity index (χ2n) is 6.16. The number of carbonyl (C=O) groups is 1. The second kappa shape index (κ2) is 9.38. The molecule has 0 aliphatic heterocycles. The van der Waals surface area contributed by atoms with Crippen molar-refractivity contribution in [2.45, 2.75) is 12.8 Å². The summed E-state index contributed by atoms with van der Waals surface area (Å²) in [4.78, 5) is 16.5. The van der Waals surface area contributed by atoms with E-state index in [0.717, 1.165) is 30.0 Å². The van der Waals surface area contributed by atoms with Crippen LogP contribution in [0.3, 0.4) is 0 Å². The summed E-state index contributed by atoms with van der Waals surface area (Å²) in [6.07, 6.45) is 5.10. The van der Waals surface area contributed by atoms with Crippen molar-refractivity contribution in [3.05, 3.63) is 84.2 Å². The number of nitrogens with one attached hydrogen (secondary N) is 2. The lowest BCUT2D eigenvalue weighted by atomic mass is 10.1. The van der Waals surface area contributed by atoms with Crippen molar-refractivity contribution in [2.75, 3.05) is 19.0 Å². The molecule has 0 aliphatic carbocycles. The van der Waals surface area contributed by atoms with E-state index >= 15 is 0 Å². The van der Waals surface area contributed by atoms with Gasteiger partial charge in [-0.1, -0.05) is 30.3 Å². The molecule has 5 nitrogen and oxygen atoms in total. The number of nitrogens with zero attached hydrogens (tertiary/aromatic N) is 1. The Balaban J connectivity index is 1.51. The number of ether oxygens (including phenoxy) is 1. The van der Waals surface area contributed by atoms with Crippen molar-refractivity contribution in [3.8, 4) is 5.75 Å². The summed E-state index contributed by atoms with van der Waals surface area (Å²) in [5, 5.41) is 6.19. The SMILES string of the molecule is COc1ccc(Nc2cncc(C(=O)NCCCc3ccccc3)c2)cc1. The highest BCUT2D eigenvalue weighted by atomic mass is 16.5. The lowest BCUT2D eigenvalue weighted by molar-refractivity contribution is 0.0953. The van der Waals surface area contributed by atoms with Gasteiger partial charge >= 0.3 is 0 Å². The van der Waals surface area contributed by atoms with Gasteiger partial charge in [0.15, 0.2) is 0 Å². The van der Waals surface area contributed by atoms with E-state index in [-0.39, 0.29) is 5.91 Å². The Hall–Kier alpha value is -3.34. The van der Waals surface area contributed by atoms with Gasteiger partial charge in [0.1, 0.15) is 5.75 Å². The Bertz CT molecular complexity index is 864. The van der Waals surface area contributed by atoms with Crippen LogP contribution >= 0.6 is 0 Å². The zero-order chi connectivity index (χ0) is 18.9. The molecule has 0 aliphatic rings. The van der Waals surface area contributed by atoms with Crippen LogP contribution in [0.1, 0.15) is 22.3 Å². The molecular formula is C22H23N3O2. The molecule has 0 saturated heterocycles. The van der Waals surface area contributed by atoms with Gasteiger partial charge in [-0.05, 0) is 48.7 Å². The number of aromatic nitrogens is 1. The molecule has 3 rings (SSSR count). The molecular weight excluding hydrogens is 338 g/mol. The average Bonchev–Trinajstić information content (AvgIpc) is 2.72. The number of carbonyl (C=O) groups excluding carboxylic acids is 1. The standard InChI is InChI=1S/C22H23N3O2/c1-27-21-11-9-19(10-12-21)25-20-14-18(15-23-16-20)22(26)24-13-5-8-17-6-3-2-4-7-17/h2-4,6-7,9-12,14-16,25H,5,8,13H2,1H3,(H,24,26). The first-order valence-corrected chi connectivity index (χ1v) is 8.93.